The Kier molecular flexibility index (Phi) is 11.1. The van der Waals surface area contributed by atoms with Gasteiger partial charge in [0.15, 0.2) is 17.1 Å². The van der Waals surface area contributed by atoms with Crippen molar-refractivity contribution >= 4 is 35.1 Å². The number of rotatable bonds is 13. The lowest BCUT2D eigenvalue weighted by atomic mass is 10.0. The fourth-order valence-electron chi connectivity index (χ4n) is 4.12. The first kappa shape index (κ1) is 30.2. The molecule has 10 nitrogen and oxygen atoms in total. The summed E-state index contributed by atoms with van der Waals surface area (Å²) < 4.78 is 16.1. The molecule has 10 heteroatoms. The molecule has 2 atom stereocenters. The van der Waals surface area contributed by atoms with E-state index in [0.717, 1.165) is 16.0 Å². The zero-order valence-electron chi connectivity index (χ0n) is 23.7. The number of carbonyl (C=O) groups excluding carboxylic acids is 3. The van der Waals surface area contributed by atoms with Crippen LogP contribution in [0.1, 0.15) is 49.7 Å². The molecule has 1 heterocycles. The minimum Gasteiger partial charge on any atom is -0.493 e. The monoisotopic (exact) mass is 550 g/mol. The SMILES string of the molecule is CCOC(=O)N(C)/N=C/[C@H](CCc1ccccc1)NC(=O)[C@H](CC(C)C)NC(=O)c1cc2cccc(OC)c2o1. The number of benzene rings is 2. The van der Waals surface area contributed by atoms with Gasteiger partial charge in [0.2, 0.25) is 5.91 Å². The zero-order chi connectivity index (χ0) is 29.1. The summed E-state index contributed by atoms with van der Waals surface area (Å²) in [6.45, 7) is 5.88. The van der Waals surface area contributed by atoms with Gasteiger partial charge in [-0.2, -0.15) is 5.10 Å². The predicted octanol–water partition coefficient (Wildman–Crippen LogP) is 4.78. The van der Waals surface area contributed by atoms with E-state index in [4.69, 9.17) is 13.9 Å². The molecule has 0 saturated heterocycles. The quantitative estimate of drug-likeness (QED) is 0.233. The van der Waals surface area contributed by atoms with Crippen molar-refractivity contribution < 1.29 is 28.3 Å². The average molecular weight is 551 g/mol. The summed E-state index contributed by atoms with van der Waals surface area (Å²) in [5, 5.41) is 11.8. The van der Waals surface area contributed by atoms with Gasteiger partial charge in [-0.05, 0) is 49.8 Å². The molecule has 214 valence electrons. The Balaban J connectivity index is 1.76. The zero-order valence-corrected chi connectivity index (χ0v) is 23.7. The maximum atomic E-state index is 13.5. The summed E-state index contributed by atoms with van der Waals surface area (Å²) in [6.07, 6.45) is 2.52. The van der Waals surface area contributed by atoms with Crippen LogP contribution >= 0.6 is 0 Å². The van der Waals surface area contributed by atoms with E-state index in [1.807, 2.05) is 56.3 Å². The Labute approximate surface area is 234 Å². The van der Waals surface area contributed by atoms with Gasteiger partial charge in [0.25, 0.3) is 5.91 Å². The first-order chi connectivity index (χ1) is 19.2. The third-order valence-corrected chi connectivity index (χ3v) is 6.15. The van der Waals surface area contributed by atoms with Crippen molar-refractivity contribution in [2.75, 3.05) is 20.8 Å². The Hall–Kier alpha value is -4.34. The second kappa shape index (κ2) is 14.7. The fourth-order valence-corrected chi connectivity index (χ4v) is 4.12. The highest BCUT2D eigenvalue weighted by Crippen LogP contribution is 2.28. The second-order valence-electron chi connectivity index (χ2n) is 9.77. The van der Waals surface area contributed by atoms with Gasteiger partial charge < -0.3 is 24.5 Å². The summed E-state index contributed by atoms with van der Waals surface area (Å²) in [5.41, 5.74) is 1.56. The topological polar surface area (TPSA) is 122 Å². The van der Waals surface area contributed by atoms with Crippen molar-refractivity contribution in [3.63, 3.8) is 0 Å². The molecular formula is C30H38N4O6. The van der Waals surface area contributed by atoms with Crippen LogP contribution in [0.3, 0.4) is 0 Å². The van der Waals surface area contributed by atoms with Gasteiger partial charge in [0.05, 0.1) is 19.8 Å². The molecule has 0 saturated carbocycles. The Morgan fingerprint density at radius 1 is 1.07 bits per heavy atom. The number of para-hydroxylation sites is 1. The van der Waals surface area contributed by atoms with E-state index in [1.165, 1.54) is 20.4 Å². The molecule has 2 N–H and O–H groups in total. The van der Waals surface area contributed by atoms with Crippen molar-refractivity contribution in [1.29, 1.82) is 0 Å². The summed E-state index contributed by atoms with van der Waals surface area (Å²) in [6, 6.07) is 15.5. The molecule has 1 aromatic heterocycles. The van der Waals surface area contributed by atoms with E-state index >= 15 is 0 Å². The summed E-state index contributed by atoms with van der Waals surface area (Å²) in [4.78, 5) is 38.6. The number of hydrogen-bond acceptors (Lipinski definition) is 7. The van der Waals surface area contributed by atoms with Gasteiger partial charge in [-0.3, -0.25) is 9.59 Å². The number of carbonyl (C=O) groups is 3. The lowest BCUT2D eigenvalue weighted by molar-refractivity contribution is -0.123. The number of hydrazone groups is 1. The van der Waals surface area contributed by atoms with E-state index in [9.17, 15) is 14.4 Å². The first-order valence-corrected chi connectivity index (χ1v) is 13.4. The molecule has 3 rings (SSSR count). The number of ether oxygens (including phenoxy) is 2. The number of hydrogen-bond donors (Lipinski definition) is 2. The maximum Gasteiger partial charge on any atom is 0.430 e. The van der Waals surface area contributed by atoms with Gasteiger partial charge >= 0.3 is 6.09 Å². The van der Waals surface area contributed by atoms with Crippen molar-refractivity contribution in [1.82, 2.24) is 15.6 Å². The van der Waals surface area contributed by atoms with E-state index < -0.39 is 24.1 Å². The van der Waals surface area contributed by atoms with Crippen LogP contribution in [0, 0.1) is 5.92 Å². The van der Waals surface area contributed by atoms with Gasteiger partial charge in [0.1, 0.15) is 6.04 Å². The lowest BCUT2D eigenvalue weighted by Crippen LogP contribution is -2.50. The van der Waals surface area contributed by atoms with E-state index in [-0.39, 0.29) is 24.2 Å². The van der Waals surface area contributed by atoms with E-state index in [2.05, 4.69) is 15.7 Å². The number of furan rings is 1. The number of fused-ring (bicyclic) bond motifs is 1. The molecule has 0 unspecified atom stereocenters. The minimum atomic E-state index is -0.821. The van der Waals surface area contributed by atoms with Crippen molar-refractivity contribution in [3.8, 4) is 5.75 Å². The highest BCUT2D eigenvalue weighted by Gasteiger charge is 2.26. The summed E-state index contributed by atoms with van der Waals surface area (Å²) >= 11 is 0. The van der Waals surface area contributed by atoms with Crippen molar-refractivity contribution in [2.24, 2.45) is 11.0 Å². The Morgan fingerprint density at radius 2 is 1.82 bits per heavy atom. The Bertz CT molecular complexity index is 1300. The van der Waals surface area contributed by atoms with Crippen LogP contribution in [0.5, 0.6) is 5.75 Å². The van der Waals surface area contributed by atoms with E-state index in [0.29, 0.717) is 30.6 Å². The van der Waals surface area contributed by atoms with E-state index in [1.54, 1.807) is 19.1 Å². The van der Waals surface area contributed by atoms with Crippen LogP contribution in [-0.2, 0) is 16.0 Å². The number of nitrogens with one attached hydrogen (secondary N) is 2. The number of methoxy groups -OCH3 is 1. The normalized spacial score (nSPS) is 12.8. The smallest absolute Gasteiger partial charge is 0.430 e. The van der Waals surface area contributed by atoms with Crippen LogP contribution in [-0.4, -0.2) is 62.0 Å². The third-order valence-electron chi connectivity index (χ3n) is 6.15. The van der Waals surface area contributed by atoms with Crippen LogP contribution < -0.4 is 15.4 Å². The molecule has 0 spiro atoms. The van der Waals surface area contributed by atoms with Gasteiger partial charge in [-0.15, -0.1) is 0 Å². The molecule has 0 bridgehead atoms. The van der Waals surface area contributed by atoms with Crippen molar-refractivity contribution in [2.45, 2.75) is 52.1 Å². The predicted molar refractivity (Wildman–Crippen MR) is 153 cm³/mol. The second-order valence-corrected chi connectivity index (χ2v) is 9.77. The molecule has 0 aliphatic carbocycles. The van der Waals surface area contributed by atoms with Crippen LogP contribution in [0.2, 0.25) is 0 Å². The van der Waals surface area contributed by atoms with Crippen molar-refractivity contribution in [3.05, 3.63) is 65.9 Å². The van der Waals surface area contributed by atoms with Gasteiger partial charge in [0, 0.05) is 18.6 Å². The molecule has 0 radical (unpaired) electrons. The maximum absolute atomic E-state index is 13.5. The third kappa shape index (κ3) is 8.59. The largest absolute Gasteiger partial charge is 0.493 e. The molecule has 0 aliphatic rings. The van der Waals surface area contributed by atoms with Crippen LogP contribution in [0.4, 0.5) is 4.79 Å². The fraction of sp³-hybridized carbons (Fsp3) is 0.400. The van der Waals surface area contributed by atoms with Gasteiger partial charge in [-0.1, -0.05) is 56.3 Å². The Morgan fingerprint density at radius 3 is 2.50 bits per heavy atom. The molecule has 3 aromatic rings. The molecule has 0 aliphatic heterocycles. The summed E-state index contributed by atoms with van der Waals surface area (Å²) in [7, 11) is 3.01. The molecule has 0 fully saturated rings. The molecular weight excluding hydrogens is 512 g/mol. The highest BCUT2D eigenvalue weighted by atomic mass is 16.6. The standard InChI is InChI=1S/C30H38N4O6/c1-6-39-30(37)34(4)31-19-23(16-15-21-11-8-7-9-12-21)32-28(35)24(17-20(2)3)33-29(36)26-18-22-13-10-14-25(38-5)27(22)40-26/h7-14,18-20,23-24H,6,15-17H2,1-5H3,(H,32,35)(H,33,36)/b31-19+/t23-,24-/m0/s1. The molecule has 40 heavy (non-hydrogen) atoms. The number of aryl methyl sites for hydroxylation is 1. The van der Waals surface area contributed by atoms with Gasteiger partial charge in [-0.25, -0.2) is 9.80 Å². The molecule has 2 aromatic carbocycles. The highest BCUT2D eigenvalue weighted by molar-refractivity contribution is 5.99. The van der Waals surface area contributed by atoms with Crippen LogP contribution in [0.25, 0.3) is 11.0 Å². The minimum absolute atomic E-state index is 0.0827. The molecule has 3 amide bonds. The number of nitrogens with zero attached hydrogens (tertiary/aromatic N) is 2. The lowest BCUT2D eigenvalue weighted by Gasteiger charge is -2.23. The average Bonchev–Trinajstić information content (AvgIpc) is 3.39. The number of amides is 3. The van der Waals surface area contributed by atoms with Crippen LogP contribution in [0.15, 0.2) is 64.1 Å². The first-order valence-electron chi connectivity index (χ1n) is 13.4. The summed E-state index contributed by atoms with van der Waals surface area (Å²) in [5.74, 6) is -0.145.